The van der Waals surface area contributed by atoms with Gasteiger partial charge in [-0.2, -0.15) is 0 Å². The van der Waals surface area contributed by atoms with E-state index in [1.807, 2.05) is 30.3 Å². The molecule has 0 aliphatic carbocycles. The lowest BCUT2D eigenvalue weighted by Gasteiger charge is -2.17. The Labute approximate surface area is 152 Å². The number of hydrogen-bond donors (Lipinski definition) is 1. The average molecular weight is 338 g/mol. The van der Waals surface area contributed by atoms with Gasteiger partial charge < -0.3 is 10.2 Å². The van der Waals surface area contributed by atoms with E-state index in [0.717, 1.165) is 37.1 Å². The van der Waals surface area contributed by atoms with Crippen LogP contribution in [-0.4, -0.2) is 24.4 Å². The first-order chi connectivity index (χ1) is 12.1. The van der Waals surface area contributed by atoms with E-state index < -0.39 is 0 Å². The SMILES string of the molecule is CCCC(C(=O)NCc1cccc(CN(C)CC)c1)c1ccccc1. The summed E-state index contributed by atoms with van der Waals surface area (Å²) in [4.78, 5) is 15.0. The summed E-state index contributed by atoms with van der Waals surface area (Å²) < 4.78 is 0. The molecule has 0 spiro atoms. The van der Waals surface area contributed by atoms with Crippen molar-refractivity contribution in [3.8, 4) is 0 Å². The van der Waals surface area contributed by atoms with Crippen LogP contribution in [0.15, 0.2) is 54.6 Å². The van der Waals surface area contributed by atoms with Crippen LogP contribution in [0.25, 0.3) is 0 Å². The maximum absolute atomic E-state index is 12.7. The Bertz CT molecular complexity index is 654. The summed E-state index contributed by atoms with van der Waals surface area (Å²) in [6.45, 7) is 6.81. The zero-order valence-corrected chi connectivity index (χ0v) is 15.7. The van der Waals surface area contributed by atoms with Crippen LogP contribution in [0, 0.1) is 0 Å². The minimum atomic E-state index is -0.0689. The maximum Gasteiger partial charge on any atom is 0.227 e. The van der Waals surface area contributed by atoms with E-state index in [4.69, 9.17) is 0 Å². The van der Waals surface area contributed by atoms with Gasteiger partial charge in [-0.05, 0) is 36.7 Å². The number of carbonyl (C=O) groups excluding carboxylic acids is 1. The van der Waals surface area contributed by atoms with E-state index in [0.29, 0.717) is 6.54 Å². The van der Waals surface area contributed by atoms with Crippen molar-refractivity contribution in [2.75, 3.05) is 13.6 Å². The Kier molecular flexibility index (Phi) is 7.68. The molecule has 1 N–H and O–H groups in total. The molecule has 3 nitrogen and oxygen atoms in total. The zero-order chi connectivity index (χ0) is 18.1. The van der Waals surface area contributed by atoms with Crippen LogP contribution in [0.1, 0.15) is 49.3 Å². The summed E-state index contributed by atoms with van der Waals surface area (Å²) in [5, 5.41) is 3.12. The van der Waals surface area contributed by atoms with Crippen LogP contribution in [0.5, 0.6) is 0 Å². The third-order valence-electron chi connectivity index (χ3n) is 4.55. The minimum absolute atomic E-state index is 0.0689. The lowest BCUT2D eigenvalue weighted by Crippen LogP contribution is -2.29. The Balaban J connectivity index is 1.99. The lowest BCUT2D eigenvalue weighted by molar-refractivity contribution is -0.122. The number of rotatable bonds is 9. The smallest absolute Gasteiger partial charge is 0.227 e. The summed E-state index contributed by atoms with van der Waals surface area (Å²) in [5.41, 5.74) is 3.53. The summed E-state index contributed by atoms with van der Waals surface area (Å²) in [6.07, 6.45) is 1.86. The van der Waals surface area contributed by atoms with Gasteiger partial charge in [0.1, 0.15) is 0 Å². The molecule has 0 saturated heterocycles. The molecule has 2 rings (SSSR count). The molecular weight excluding hydrogens is 308 g/mol. The van der Waals surface area contributed by atoms with Crippen LogP contribution >= 0.6 is 0 Å². The standard InChI is InChI=1S/C22H30N2O/c1-4-10-21(20-13-7-6-8-14-20)22(25)23-16-18-11-9-12-19(15-18)17-24(3)5-2/h6-9,11-15,21H,4-5,10,16-17H2,1-3H3,(H,23,25). The molecule has 0 heterocycles. The second-order valence-electron chi connectivity index (χ2n) is 6.62. The van der Waals surface area contributed by atoms with Gasteiger partial charge >= 0.3 is 0 Å². The monoisotopic (exact) mass is 338 g/mol. The molecule has 3 heteroatoms. The molecule has 0 bridgehead atoms. The van der Waals surface area contributed by atoms with Gasteiger partial charge in [0, 0.05) is 13.1 Å². The van der Waals surface area contributed by atoms with Crippen LogP contribution in [0.3, 0.4) is 0 Å². The van der Waals surface area contributed by atoms with E-state index >= 15 is 0 Å². The molecular formula is C22H30N2O. The number of carbonyl (C=O) groups is 1. The Morgan fingerprint density at radius 1 is 1.04 bits per heavy atom. The molecule has 2 aromatic carbocycles. The molecule has 0 aliphatic heterocycles. The van der Waals surface area contributed by atoms with Gasteiger partial charge in [0.2, 0.25) is 5.91 Å². The van der Waals surface area contributed by atoms with E-state index in [9.17, 15) is 4.79 Å². The number of benzene rings is 2. The Hall–Kier alpha value is -2.13. The first-order valence-electron chi connectivity index (χ1n) is 9.23. The Morgan fingerprint density at radius 2 is 1.76 bits per heavy atom. The fraction of sp³-hybridized carbons (Fsp3) is 0.409. The quantitative estimate of drug-likeness (QED) is 0.738. The zero-order valence-electron chi connectivity index (χ0n) is 15.7. The molecule has 0 aliphatic rings. The number of hydrogen-bond acceptors (Lipinski definition) is 2. The minimum Gasteiger partial charge on any atom is -0.351 e. The lowest BCUT2D eigenvalue weighted by atomic mass is 9.93. The van der Waals surface area contributed by atoms with Crippen molar-refractivity contribution in [1.29, 1.82) is 0 Å². The molecule has 0 aromatic heterocycles. The van der Waals surface area contributed by atoms with Gasteiger partial charge in [-0.1, -0.05) is 74.9 Å². The molecule has 0 fully saturated rings. The Morgan fingerprint density at radius 3 is 2.44 bits per heavy atom. The third-order valence-corrected chi connectivity index (χ3v) is 4.55. The topological polar surface area (TPSA) is 32.3 Å². The highest BCUT2D eigenvalue weighted by Gasteiger charge is 2.19. The van der Waals surface area contributed by atoms with Gasteiger partial charge in [-0.15, -0.1) is 0 Å². The highest BCUT2D eigenvalue weighted by atomic mass is 16.1. The van der Waals surface area contributed by atoms with Crippen molar-refractivity contribution in [3.63, 3.8) is 0 Å². The second kappa shape index (κ2) is 10.00. The van der Waals surface area contributed by atoms with Crippen LogP contribution < -0.4 is 5.32 Å². The van der Waals surface area contributed by atoms with Crippen molar-refractivity contribution < 1.29 is 4.79 Å². The second-order valence-corrected chi connectivity index (χ2v) is 6.62. The fourth-order valence-electron chi connectivity index (χ4n) is 3.00. The molecule has 0 radical (unpaired) electrons. The van der Waals surface area contributed by atoms with Crippen molar-refractivity contribution in [2.24, 2.45) is 0 Å². The largest absolute Gasteiger partial charge is 0.351 e. The maximum atomic E-state index is 12.7. The van der Waals surface area contributed by atoms with Crippen LogP contribution in [0.2, 0.25) is 0 Å². The first-order valence-corrected chi connectivity index (χ1v) is 9.23. The summed E-state index contributed by atoms with van der Waals surface area (Å²) >= 11 is 0. The third kappa shape index (κ3) is 6.02. The molecule has 25 heavy (non-hydrogen) atoms. The highest BCUT2D eigenvalue weighted by Crippen LogP contribution is 2.21. The number of amides is 1. The van der Waals surface area contributed by atoms with Crippen molar-refractivity contribution in [1.82, 2.24) is 10.2 Å². The molecule has 1 unspecified atom stereocenters. The van der Waals surface area contributed by atoms with Crippen molar-refractivity contribution >= 4 is 5.91 Å². The molecule has 2 aromatic rings. The summed E-state index contributed by atoms with van der Waals surface area (Å²) in [5.74, 6) is 0.0461. The van der Waals surface area contributed by atoms with Gasteiger partial charge in [0.25, 0.3) is 0 Å². The van der Waals surface area contributed by atoms with Crippen molar-refractivity contribution in [2.45, 2.75) is 45.7 Å². The van der Waals surface area contributed by atoms with E-state index in [1.165, 1.54) is 5.56 Å². The molecule has 1 atom stereocenters. The van der Waals surface area contributed by atoms with Crippen LogP contribution in [0.4, 0.5) is 0 Å². The summed E-state index contributed by atoms with van der Waals surface area (Å²) in [6, 6.07) is 18.5. The molecule has 134 valence electrons. The predicted molar refractivity (Wildman–Crippen MR) is 104 cm³/mol. The van der Waals surface area contributed by atoms with Gasteiger partial charge in [-0.25, -0.2) is 0 Å². The van der Waals surface area contributed by atoms with E-state index in [2.05, 4.69) is 55.4 Å². The fourth-order valence-corrected chi connectivity index (χ4v) is 3.00. The van der Waals surface area contributed by atoms with Gasteiger partial charge in [0.15, 0.2) is 0 Å². The number of nitrogens with zero attached hydrogens (tertiary/aromatic N) is 1. The van der Waals surface area contributed by atoms with E-state index in [-0.39, 0.29) is 11.8 Å². The molecule has 1 amide bonds. The average Bonchev–Trinajstić information content (AvgIpc) is 2.65. The number of nitrogens with one attached hydrogen (secondary N) is 1. The van der Waals surface area contributed by atoms with Gasteiger partial charge in [0.05, 0.1) is 5.92 Å². The summed E-state index contributed by atoms with van der Waals surface area (Å²) in [7, 11) is 2.11. The normalized spacial score (nSPS) is 12.2. The van der Waals surface area contributed by atoms with E-state index in [1.54, 1.807) is 0 Å². The van der Waals surface area contributed by atoms with Crippen LogP contribution in [-0.2, 0) is 17.9 Å². The molecule has 0 saturated carbocycles. The first kappa shape index (κ1) is 19.2. The highest BCUT2D eigenvalue weighted by molar-refractivity contribution is 5.83. The predicted octanol–water partition coefficient (Wildman–Crippen LogP) is 4.34. The van der Waals surface area contributed by atoms with Crippen molar-refractivity contribution in [3.05, 3.63) is 71.3 Å². The van der Waals surface area contributed by atoms with Gasteiger partial charge in [-0.3, -0.25) is 4.79 Å².